The van der Waals surface area contributed by atoms with E-state index in [9.17, 15) is 4.79 Å². The summed E-state index contributed by atoms with van der Waals surface area (Å²) in [5.41, 5.74) is 1.89. The first-order valence-corrected chi connectivity index (χ1v) is 10.3. The summed E-state index contributed by atoms with van der Waals surface area (Å²) in [4.78, 5) is 15.0. The molecule has 5 rings (SSSR count). The van der Waals surface area contributed by atoms with E-state index in [2.05, 4.69) is 20.7 Å². The average Bonchev–Trinajstić information content (AvgIpc) is 3.22. The molecular weight excluding hydrogens is 388 g/mol. The van der Waals surface area contributed by atoms with Crippen LogP contribution < -0.4 is 10.3 Å². The highest BCUT2D eigenvalue weighted by atomic mass is 35.5. The van der Waals surface area contributed by atoms with Crippen LogP contribution in [0, 0.1) is 5.92 Å². The van der Waals surface area contributed by atoms with E-state index in [0.717, 1.165) is 29.7 Å². The second kappa shape index (κ2) is 8.59. The Morgan fingerprint density at radius 1 is 1.07 bits per heavy atom. The van der Waals surface area contributed by atoms with Gasteiger partial charge in [0.1, 0.15) is 5.75 Å². The van der Waals surface area contributed by atoms with E-state index < -0.39 is 0 Å². The van der Waals surface area contributed by atoms with Crippen molar-refractivity contribution < 1.29 is 4.74 Å². The third-order valence-electron chi connectivity index (χ3n) is 5.80. The average molecular weight is 415 g/mol. The molecule has 0 radical (unpaired) electrons. The lowest BCUT2D eigenvalue weighted by Gasteiger charge is -2.14. The molecular formula is C22H27ClN4O2. The predicted molar refractivity (Wildman–Crippen MR) is 116 cm³/mol. The van der Waals surface area contributed by atoms with Crippen LogP contribution in [-0.4, -0.2) is 45.5 Å². The van der Waals surface area contributed by atoms with Gasteiger partial charge in [0.05, 0.1) is 24.9 Å². The Morgan fingerprint density at radius 3 is 2.66 bits per heavy atom. The molecule has 1 aromatic carbocycles. The number of nitrogens with zero attached hydrogens (tertiary/aromatic N) is 4. The van der Waals surface area contributed by atoms with Gasteiger partial charge >= 0.3 is 0 Å². The maximum atomic E-state index is 12.5. The lowest BCUT2D eigenvalue weighted by atomic mass is 10.2. The summed E-state index contributed by atoms with van der Waals surface area (Å²) >= 11 is 0. The lowest BCUT2D eigenvalue weighted by Crippen LogP contribution is -2.24. The Labute approximate surface area is 176 Å². The number of hydrogen-bond acceptors (Lipinski definition) is 4. The topological polar surface area (TPSA) is 52.3 Å². The van der Waals surface area contributed by atoms with Gasteiger partial charge in [0.15, 0.2) is 0 Å². The van der Waals surface area contributed by atoms with Crippen LogP contribution in [0.25, 0.3) is 16.6 Å². The molecule has 0 amide bonds. The summed E-state index contributed by atoms with van der Waals surface area (Å²) < 4.78 is 9.44. The summed E-state index contributed by atoms with van der Waals surface area (Å²) in [6.45, 7) is 5.06. The van der Waals surface area contributed by atoms with Crippen molar-refractivity contribution in [1.29, 1.82) is 0 Å². The normalized spacial score (nSPS) is 16.8. The number of ether oxygens (including phenoxy) is 1. The molecule has 2 fully saturated rings. The Hall–Kier alpha value is -2.31. The Bertz CT molecular complexity index is 1030. The zero-order chi connectivity index (χ0) is 18.9. The van der Waals surface area contributed by atoms with Crippen LogP contribution in [0.1, 0.15) is 25.7 Å². The minimum absolute atomic E-state index is 0. The highest BCUT2D eigenvalue weighted by molar-refractivity contribution is 5.85. The van der Waals surface area contributed by atoms with Gasteiger partial charge in [-0.3, -0.25) is 14.0 Å². The molecule has 0 unspecified atom stereocenters. The Balaban J connectivity index is 0.00000205. The zero-order valence-electron chi connectivity index (χ0n) is 16.5. The van der Waals surface area contributed by atoms with E-state index in [4.69, 9.17) is 4.74 Å². The molecule has 0 atom stereocenters. The number of benzene rings is 1. The number of likely N-dealkylation sites (tertiary alicyclic amines) is 1. The van der Waals surface area contributed by atoms with Crippen molar-refractivity contribution in [3.05, 3.63) is 53.1 Å². The fraction of sp³-hybridized carbons (Fsp3) is 0.455. The fourth-order valence-electron chi connectivity index (χ4n) is 3.91. The van der Waals surface area contributed by atoms with E-state index in [-0.39, 0.29) is 18.0 Å². The van der Waals surface area contributed by atoms with E-state index >= 15 is 0 Å². The second-order valence-electron chi connectivity index (χ2n) is 7.98. The van der Waals surface area contributed by atoms with Crippen LogP contribution in [0.2, 0.25) is 0 Å². The van der Waals surface area contributed by atoms with Crippen LogP contribution in [0.5, 0.6) is 5.75 Å². The van der Waals surface area contributed by atoms with Crippen molar-refractivity contribution in [2.75, 3.05) is 26.2 Å². The standard InChI is InChI=1S/C22H26N4O2.ClH/c27-22-14-20(28-16-17-3-4-17)7-10-25(22)19-5-6-21-18(13-19)15-23-26(21)12-11-24-8-1-2-9-24;/h5-7,10,13-15,17H,1-4,8-9,11-12,16H2;1H. The molecule has 2 aromatic heterocycles. The van der Waals surface area contributed by atoms with Gasteiger partial charge in [0.25, 0.3) is 5.56 Å². The predicted octanol–water partition coefficient (Wildman–Crippen LogP) is 3.49. The molecule has 6 nitrogen and oxygen atoms in total. The van der Waals surface area contributed by atoms with Crippen LogP contribution in [0.3, 0.4) is 0 Å². The number of aromatic nitrogens is 3. The minimum Gasteiger partial charge on any atom is -0.493 e. The van der Waals surface area contributed by atoms with E-state index in [1.54, 1.807) is 16.8 Å². The van der Waals surface area contributed by atoms with E-state index in [0.29, 0.717) is 18.3 Å². The summed E-state index contributed by atoms with van der Waals surface area (Å²) in [5.74, 6) is 1.33. The van der Waals surface area contributed by atoms with Crippen molar-refractivity contribution in [2.24, 2.45) is 5.92 Å². The summed E-state index contributed by atoms with van der Waals surface area (Å²) in [6.07, 6.45) is 8.78. The van der Waals surface area contributed by atoms with Crippen molar-refractivity contribution >= 4 is 23.3 Å². The van der Waals surface area contributed by atoms with Crippen LogP contribution in [-0.2, 0) is 6.54 Å². The van der Waals surface area contributed by atoms with Crippen molar-refractivity contribution in [3.63, 3.8) is 0 Å². The largest absolute Gasteiger partial charge is 0.493 e. The van der Waals surface area contributed by atoms with Crippen molar-refractivity contribution in [1.82, 2.24) is 19.2 Å². The summed E-state index contributed by atoms with van der Waals surface area (Å²) in [7, 11) is 0. The molecule has 3 aromatic rings. The third-order valence-corrected chi connectivity index (χ3v) is 5.80. The molecule has 0 N–H and O–H groups in total. The smallest absolute Gasteiger partial charge is 0.258 e. The minimum atomic E-state index is -0.0749. The van der Waals surface area contributed by atoms with Gasteiger partial charge in [-0.2, -0.15) is 5.10 Å². The maximum Gasteiger partial charge on any atom is 0.258 e. The Kier molecular flexibility index (Phi) is 5.92. The van der Waals surface area contributed by atoms with Gasteiger partial charge < -0.3 is 9.64 Å². The van der Waals surface area contributed by atoms with Gasteiger partial charge in [-0.05, 0) is 69.0 Å². The number of hydrogen-bond donors (Lipinski definition) is 0. The van der Waals surface area contributed by atoms with E-state index in [1.807, 2.05) is 24.4 Å². The zero-order valence-corrected chi connectivity index (χ0v) is 17.3. The van der Waals surface area contributed by atoms with Gasteiger partial charge in [-0.1, -0.05) is 0 Å². The SMILES string of the molecule is Cl.O=c1cc(OCC2CC2)ccn1-c1ccc2c(cnn2CCN2CCCC2)c1. The molecule has 1 saturated carbocycles. The summed E-state index contributed by atoms with van der Waals surface area (Å²) in [6, 6.07) is 9.52. The fourth-order valence-corrected chi connectivity index (χ4v) is 3.91. The van der Waals surface area contributed by atoms with Crippen molar-refractivity contribution in [3.8, 4) is 11.4 Å². The molecule has 0 spiro atoms. The van der Waals surface area contributed by atoms with Gasteiger partial charge in [0.2, 0.25) is 0 Å². The van der Waals surface area contributed by atoms with Gasteiger partial charge in [-0.25, -0.2) is 0 Å². The summed E-state index contributed by atoms with van der Waals surface area (Å²) in [5, 5.41) is 5.61. The first-order valence-electron chi connectivity index (χ1n) is 10.3. The molecule has 29 heavy (non-hydrogen) atoms. The quantitative estimate of drug-likeness (QED) is 0.593. The highest BCUT2D eigenvalue weighted by Gasteiger charge is 2.22. The van der Waals surface area contributed by atoms with Crippen LogP contribution >= 0.6 is 12.4 Å². The third kappa shape index (κ3) is 4.49. The molecule has 1 aliphatic heterocycles. The molecule has 3 heterocycles. The maximum absolute atomic E-state index is 12.5. The molecule has 1 aliphatic carbocycles. The molecule has 2 aliphatic rings. The number of fused-ring (bicyclic) bond motifs is 1. The van der Waals surface area contributed by atoms with Gasteiger partial charge in [-0.15, -0.1) is 12.4 Å². The first kappa shape index (κ1) is 20.0. The van der Waals surface area contributed by atoms with E-state index in [1.165, 1.54) is 38.8 Å². The number of halogens is 1. The second-order valence-corrected chi connectivity index (χ2v) is 7.98. The molecule has 0 bridgehead atoms. The Morgan fingerprint density at radius 2 is 1.90 bits per heavy atom. The molecule has 7 heteroatoms. The van der Waals surface area contributed by atoms with Gasteiger partial charge in [0, 0.05) is 29.9 Å². The first-order chi connectivity index (χ1) is 13.8. The monoisotopic (exact) mass is 414 g/mol. The number of rotatable bonds is 7. The van der Waals surface area contributed by atoms with Crippen LogP contribution in [0.4, 0.5) is 0 Å². The molecule has 1 saturated heterocycles. The number of pyridine rings is 1. The molecule has 154 valence electrons. The van der Waals surface area contributed by atoms with Crippen LogP contribution in [0.15, 0.2) is 47.5 Å². The highest BCUT2D eigenvalue weighted by Crippen LogP contribution is 2.29. The van der Waals surface area contributed by atoms with Crippen molar-refractivity contribution in [2.45, 2.75) is 32.2 Å². The lowest BCUT2D eigenvalue weighted by molar-refractivity contribution is 0.299.